The number of carbonyl (C=O) groups is 1. The lowest BCUT2D eigenvalue weighted by atomic mass is 10.1. The van der Waals surface area contributed by atoms with Crippen LogP contribution in [0.1, 0.15) is 25.0 Å². The minimum absolute atomic E-state index is 0.0865. The molecule has 0 spiro atoms. The van der Waals surface area contributed by atoms with Crippen LogP contribution in [-0.4, -0.2) is 23.2 Å². The Morgan fingerprint density at radius 1 is 1.38 bits per heavy atom. The summed E-state index contributed by atoms with van der Waals surface area (Å²) in [6, 6.07) is 2.86. The Hall–Kier alpha value is -1.53. The Morgan fingerprint density at radius 3 is 2.52 bits per heavy atom. The molecule has 0 radical (unpaired) electrons. The van der Waals surface area contributed by atoms with E-state index >= 15 is 0 Å². The van der Waals surface area contributed by atoms with E-state index in [9.17, 15) is 18.0 Å². The maximum absolute atomic E-state index is 12.6. The SMILES string of the molecule is CC(C)(CO)NC(=O)C=Cc1cc(C(F)(F)F)ccc1Cl. The fourth-order valence-corrected chi connectivity index (χ4v) is 1.61. The molecule has 0 fully saturated rings. The number of hydrogen-bond acceptors (Lipinski definition) is 2. The highest BCUT2D eigenvalue weighted by molar-refractivity contribution is 6.32. The zero-order valence-corrected chi connectivity index (χ0v) is 12.2. The third-order valence-corrected chi connectivity index (χ3v) is 2.94. The number of aliphatic hydroxyl groups excluding tert-OH is 1. The van der Waals surface area contributed by atoms with Crippen LogP contribution in [0.25, 0.3) is 6.08 Å². The predicted molar refractivity (Wildman–Crippen MR) is 74.8 cm³/mol. The molecule has 0 saturated carbocycles. The summed E-state index contributed by atoms with van der Waals surface area (Å²) in [5.74, 6) is -0.539. The number of aliphatic hydroxyl groups is 1. The topological polar surface area (TPSA) is 49.3 Å². The molecule has 21 heavy (non-hydrogen) atoms. The third kappa shape index (κ3) is 5.40. The molecule has 0 aromatic heterocycles. The van der Waals surface area contributed by atoms with Crippen molar-refractivity contribution in [2.45, 2.75) is 25.6 Å². The Kier molecular flexibility index (Phi) is 5.42. The van der Waals surface area contributed by atoms with Crippen molar-refractivity contribution in [3.05, 3.63) is 40.4 Å². The molecular formula is C14H15ClF3NO2. The molecule has 0 aliphatic carbocycles. The summed E-state index contributed by atoms with van der Waals surface area (Å²) in [5.41, 5.74) is -1.58. The minimum atomic E-state index is -4.48. The summed E-state index contributed by atoms with van der Waals surface area (Å²) in [6.07, 6.45) is -2.21. The number of carbonyl (C=O) groups excluding carboxylic acids is 1. The molecule has 3 nitrogen and oxygen atoms in total. The van der Waals surface area contributed by atoms with Crippen molar-refractivity contribution in [3.8, 4) is 0 Å². The Bertz CT molecular complexity index is 554. The molecule has 0 heterocycles. The Labute approximate surface area is 125 Å². The maximum Gasteiger partial charge on any atom is 0.416 e. The van der Waals surface area contributed by atoms with Gasteiger partial charge in [-0.2, -0.15) is 13.2 Å². The third-order valence-electron chi connectivity index (χ3n) is 2.59. The van der Waals surface area contributed by atoms with E-state index in [0.29, 0.717) is 0 Å². The minimum Gasteiger partial charge on any atom is -0.394 e. The van der Waals surface area contributed by atoms with Crippen molar-refractivity contribution in [2.24, 2.45) is 0 Å². The van der Waals surface area contributed by atoms with Crippen LogP contribution >= 0.6 is 11.6 Å². The van der Waals surface area contributed by atoms with Gasteiger partial charge in [0.1, 0.15) is 0 Å². The molecule has 0 unspecified atom stereocenters. The summed E-state index contributed by atoms with van der Waals surface area (Å²) in [6.45, 7) is 2.95. The highest BCUT2D eigenvalue weighted by atomic mass is 35.5. The molecule has 1 amide bonds. The summed E-state index contributed by atoms with van der Waals surface area (Å²) in [7, 11) is 0. The average Bonchev–Trinajstić information content (AvgIpc) is 2.36. The quantitative estimate of drug-likeness (QED) is 0.836. The molecule has 1 aromatic rings. The molecule has 0 atom stereocenters. The molecule has 2 N–H and O–H groups in total. The van der Waals surface area contributed by atoms with Gasteiger partial charge >= 0.3 is 6.18 Å². The van der Waals surface area contributed by atoms with Gasteiger partial charge in [-0.15, -0.1) is 0 Å². The first-order chi connectivity index (χ1) is 9.55. The molecule has 1 aromatic carbocycles. The summed E-state index contributed by atoms with van der Waals surface area (Å²) in [4.78, 5) is 11.6. The van der Waals surface area contributed by atoms with Crippen molar-refractivity contribution in [1.29, 1.82) is 0 Å². The normalized spacial score (nSPS) is 12.7. The van der Waals surface area contributed by atoms with Crippen LogP contribution in [0.5, 0.6) is 0 Å². The van der Waals surface area contributed by atoms with Gasteiger partial charge in [-0.25, -0.2) is 0 Å². The first-order valence-electron chi connectivity index (χ1n) is 6.03. The molecule has 116 valence electrons. The van der Waals surface area contributed by atoms with Crippen LogP contribution in [0.4, 0.5) is 13.2 Å². The van der Waals surface area contributed by atoms with E-state index in [4.69, 9.17) is 16.7 Å². The van der Waals surface area contributed by atoms with Crippen LogP contribution in [0.3, 0.4) is 0 Å². The molecule has 0 aliphatic rings. The van der Waals surface area contributed by atoms with E-state index in [0.717, 1.165) is 24.3 Å². The monoisotopic (exact) mass is 321 g/mol. The first-order valence-corrected chi connectivity index (χ1v) is 6.41. The van der Waals surface area contributed by atoms with Crippen molar-refractivity contribution < 1.29 is 23.1 Å². The van der Waals surface area contributed by atoms with Crippen molar-refractivity contribution in [3.63, 3.8) is 0 Å². The number of amides is 1. The molecule has 1 rings (SSSR count). The Balaban J connectivity index is 2.92. The van der Waals surface area contributed by atoms with Gasteiger partial charge < -0.3 is 10.4 Å². The van der Waals surface area contributed by atoms with E-state index in [-0.39, 0.29) is 17.2 Å². The zero-order valence-electron chi connectivity index (χ0n) is 11.5. The van der Waals surface area contributed by atoms with Crippen LogP contribution in [-0.2, 0) is 11.0 Å². The number of halogens is 4. The summed E-state index contributed by atoms with van der Waals surface area (Å²) in [5, 5.41) is 11.6. The van der Waals surface area contributed by atoms with Crippen molar-refractivity contribution in [2.75, 3.05) is 6.61 Å². The Morgan fingerprint density at radius 2 is 2.00 bits per heavy atom. The van der Waals surface area contributed by atoms with Crippen molar-refractivity contribution in [1.82, 2.24) is 5.32 Å². The fourth-order valence-electron chi connectivity index (χ4n) is 1.43. The van der Waals surface area contributed by atoms with Crippen molar-refractivity contribution >= 4 is 23.6 Å². The number of alkyl halides is 3. The summed E-state index contributed by atoms with van der Waals surface area (Å²) < 4.78 is 37.8. The van der Waals surface area contributed by atoms with Gasteiger partial charge in [0.15, 0.2) is 0 Å². The molecule has 0 saturated heterocycles. The second-order valence-corrected chi connectivity index (χ2v) is 5.51. The fraction of sp³-hybridized carbons (Fsp3) is 0.357. The van der Waals surface area contributed by atoms with E-state index in [1.165, 1.54) is 6.08 Å². The van der Waals surface area contributed by atoms with Gasteiger partial charge in [0, 0.05) is 11.1 Å². The molecule has 0 bridgehead atoms. The lowest BCUT2D eigenvalue weighted by Crippen LogP contribution is -2.45. The second-order valence-electron chi connectivity index (χ2n) is 5.10. The number of hydrogen-bond donors (Lipinski definition) is 2. The summed E-state index contributed by atoms with van der Waals surface area (Å²) >= 11 is 5.80. The van der Waals surface area contributed by atoms with Crippen LogP contribution in [0, 0.1) is 0 Å². The standard InChI is InChI=1S/C14H15ClF3NO2/c1-13(2,8-20)19-12(21)6-3-9-7-10(14(16,17)18)4-5-11(9)15/h3-7,20H,8H2,1-2H3,(H,19,21). The van der Waals surface area contributed by atoms with E-state index in [2.05, 4.69) is 5.32 Å². The smallest absolute Gasteiger partial charge is 0.394 e. The highest BCUT2D eigenvalue weighted by Gasteiger charge is 2.30. The number of benzene rings is 1. The molecule has 0 aliphatic heterocycles. The second kappa shape index (κ2) is 6.49. The highest BCUT2D eigenvalue weighted by Crippen LogP contribution is 2.32. The van der Waals surface area contributed by atoms with Crippen LogP contribution in [0.15, 0.2) is 24.3 Å². The number of nitrogens with one attached hydrogen (secondary N) is 1. The van der Waals surface area contributed by atoms with Crippen LogP contribution < -0.4 is 5.32 Å². The lowest BCUT2D eigenvalue weighted by molar-refractivity contribution is -0.137. The largest absolute Gasteiger partial charge is 0.416 e. The number of rotatable bonds is 4. The van der Waals surface area contributed by atoms with Gasteiger partial charge in [-0.05, 0) is 43.7 Å². The van der Waals surface area contributed by atoms with Gasteiger partial charge in [0.05, 0.1) is 17.7 Å². The van der Waals surface area contributed by atoms with Crippen LogP contribution in [0.2, 0.25) is 5.02 Å². The van der Waals surface area contributed by atoms with Gasteiger partial charge in [0.2, 0.25) is 5.91 Å². The van der Waals surface area contributed by atoms with E-state index in [1.54, 1.807) is 13.8 Å². The lowest BCUT2D eigenvalue weighted by Gasteiger charge is -2.22. The molecule has 7 heteroatoms. The van der Waals surface area contributed by atoms with Gasteiger partial charge in [-0.1, -0.05) is 11.6 Å². The average molecular weight is 322 g/mol. The van der Waals surface area contributed by atoms with Gasteiger partial charge in [-0.3, -0.25) is 4.79 Å². The predicted octanol–water partition coefficient (Wildman–Crippen LogP) is 3.26. The first kappa shape index (κ1) is 17.5. The van der Waals surface area contributed by atoms with E-state index < -0.39 is 23.2 Å². The zero-order chi connectivity index (χ0) is 16.3. The van der Waals surface area contributed by atoms with E-state index in [1.807, 2.05) is 0 Å². The van der Waals surface area contributed by atoms with Gasteiger partial charge in [0.25, 0.3) is 0 Å². The maximum atomic E-state index is 12.6. The molecular weight excluding hydrogens is 307 g/mol.